The summed E-state index contributed by atoms with van der Waals surface area (Å²) < 4.78 is 16.1. The van der Waals surface area contributed by atoms with E-state index in [2.05, 4.69) is 15.9 Å². The molecule has 1 saturated carbocycles. The molecule has 1 spiro atoms. The van der Waals surface area contributed by atoms with Crippen LogP contribution in [0.5, 0.6) is 5.75 Å². The number of carbonyl (C=O) groups excluding carboxylic acids is 3. The molecule has 0 amide bonds. The number of esters is 3. The third-order valence-corrected chi connectivity index (χ3v) is 5.43. The van der Waals surface area contributed by atoms with Gasteiger partial charge in [0.25, 0.3) is 0 Å². The van der Waals surface area contributed by atoms with E-state index in [1.54, 1.807) is 6.92 Å². The molecule has 0 unspecified atom stereocenters. The predicted molar refractivity (Wildman–Crippen MR) is 101 cm³/mol. The zero-order chi connectivity index (χ0) is 19.4. The minimum Gasteiger partial charge on any atom is -0.462 e. The minimum atomic E-state index is -0.875. The highest BCUT2D eigenvalue weighted by Gasteiger charge is 2.51. The zero-order valence-electron chi connectivity index (χ0n) is 15.1. The first-order chi connectivity index (χ1) is 13.0. The molecule has 0 saturated heterocycles. The number of hydrogen-bond acceptors (Lipinski definition) is 6. The molecule has 7 heteroatoms. The fourth-order valence-electron chi connectivity index (χ4n) is 3.60. The van der Waals surface area contributed by atoms with Crippen LogP contribution in [0.25, 0.3) is 0 Å². The van der Waals surface area contributed by atoms with E-state index in [9.17, 15) is 14.4 Å². The van der Waals surface area contributed by atoms with Crippen molar-refractivity contribution in [3.05, 3.63) is 41.0 Å². The maximum absolute atomic E-state index is 12.9. The van der Waals surface area contributed by atoms with E-state index >= 15 is 0 Å². The van der Waals surface area contributed by atoms with Crippen molar-refractivity contribution in [2.75, 3.05) is 11.9 Å². The van der Waals surface area contributed by atoms with Gasteiger partial charge in [0.2, 0.25) is 0 Å². The molecule has 0 atom stereocenters. The Morgan fingerprint density at radius 3 is 2.37 bits per heavy atom. The number of halogens is 1. The van der Waals surface area contributed by atoms with Gasteiger partial charge < -0.3 is 14.2 Å². The molecule has 1 heterocycles. The summed E-state index contributed by atoms with van der Waals surface area (Å²) in [7, 11) is 0. The van der Waals surface area contributed by atoms with Crippen molar-refractivity contribution in [1.29, 1.82) is 0 Å². The lowest BCUT2D eigenvalue weighted by Crippen LogP contribution is -2.38. The van der Waals surface area contributed by atoms with Crippen LogP contribution in [0.1, 0.15) is 49.4 Å². The summed E-state index contributed by atoms with van der Waals surface area (Å²) in [6, 6.07) is 6.13. The molecule has 2 aliphatic rings. The van der Waals surface area contributed by atoms with Crippen LogP contribution in [0.15, 0.2) is 35.4 Å². The van der Waals surface area contributed by atoms with Crippen molar-refractivity contribution in [3.63, 3.8) is 0 Å². The maximum atomic E-state index is 12.9. The molecule has 0 N–H and O–H groups in total. The van der Waals surface area contributed by atoms with Crippen LogP contribution in [0.3, 0.4) is 0 Å². The van der Waals surface area contributed by atoms with Crippen LogP contribution in [0, 0.1) is 0 Å². The quantitative estimate of drug-likeness (QED) is 0.397. The molecule has 0 bridgehead atoms. The monoisotopic (exact) mass is 436 g/mol. The maximum Gasteiger partial charge on any atom is 0.344 e. The van der Waals surface area contributed by atoms with Crippen molar-refractivity contribution in [3.8, 4) is 5.75 Å². The van der Waals surface area contributed by atoms with E-state index in [0.717, 1.165) is 19.3 Å². The highest BCUT2D eigenvalue weighted by molar-refractivity contribution is 9.09. The molecule has 144 valence electrons. The standard InChI is InChI=1S/C20H21BrO6/c1-2-25-17(22)13-6-8-14(9-7-13)26-19(24)16-15(12-21)18(23)27-20(16)10-4-3-5-11-20/h6-9H,2-5,10-12H2,1H3. The van der Waals surface area contributed by atoms with E-state index in [0.29, 0.717) is 35.3 Å². The minimum absolute atomic E-state index is 0.236. The van der Waals surface area contributed by atoms with Crippen LogP contribution in [-0.4, -0.2) is 35.4 Å². The number of benzene rings is 1. The van der Waals surface area contributed by atoms with Crippen molar-refractivity contribution < 1.29 is 28.6 Å². The average Bonchev–Trinajstić information content (AvgIpc) is 2.93. The highest BCUT2D eigenvalue weighted by Crippen LogP contribution is 2.44. The Balaban J connectivity index is 1.82. The second-order valence-electron chi connectivity index (χ2n) is 6.57. The van der Waals surface area contributed by atoms with E-state index < -0.39 is 23.5 Å². The highest BCUT2D eigenvalue weighted by atomic mass is 79.9. The van der Waals surface area contributed by atoms with Gasteiger partial charge in [0.15, 0.2) is 0 Å². The van der Waals surface area contributed by atoms with Crippen LogP contribution in [0.4, 0.5) is 0 Å². The summed E-state index contributed by atoms with van der Waals surface area (Å²) >= 11 is 3.28. The Bertz CT molecular complexity index is 774. The molecular formula is C20H21BrO6. The van der Waals surface area contributed by atoms with Gasteiger partial charge in [-0.3, -0.25) is 0 Å². The average molecular weight is 437 g/mol. The Hall–Kier alpha value is -2.15. The molecule has 6 nitrogen and oxygen atoms in total. The smallest absolute Gasteiger partial charge is 0.344 e. The molecular weight excluding hydrogens is 416 g/mol. The largest absolute Gasteiger partial charge is 0.462 e. The van der Waals surface area contributed by atoms with Gasteiger partial charge in [-0.05, 0) is 56.9 Å². The van der Waals surface area contributed by atoms with E-state index in [1.807, 2.05) is 0 Å². The lowest BCUT2D eigenvalue weighted by atomic mass is 9.79. The van der Waals surface area contributed by atoms with Crippen molar-refractivity contribution in [1.82, 2.24) is 0 Å². The first-order valence-electron chi connectivity index (χ1n) is 9.03. The number of rotatable bonds is 5. The summed E-state index contributed by atoms with van der Waals surface area (Å²) in [5.74, 6) is -1.19. The summed E-state index contributed by atoms with van der Waals surface area (Å²) in [5, 5.41) is 0.236. The first kappa shape index (κ1) is 19.6. The van der Waals surface area contributed by atoms with Gasteiger partial charge in [-0.25, -0.2) is 14.4 Å². The van der Waals surface area contributed by atoms with Crippen molar-refractivity contribution in [2.24, 2.45) is 0 Å². The Morgan fingerprint density at radius 2 is 1.78 bits per heavy atom. The molecule has 3 rings (SSSR count). The first-order valence-corrected chi connectivity index (χ1v) is 10.1. The third kappa shape index (κ3) is 3.93. The third-order valence-electron chi connectivity index (χ3n) is 4.87. The summed E-state index contributed by atoms with van der Waals surface area (Å²) in [4.78, 5) is 36.9. The van der Waals surface area contributed by atoms with E-state index in [1.165, 1.54) is 24.3 Å². The van der Waals surface area contributed by atoms with Gasteiger partial charge in [0, 0.05) is 5.33 Å². The van der Waals surface area contributed by atoms with Gasteiger partial charge in [-0.15, -0.1) is 0 Å². The molecule has 27 heavy (non-hydrogen) atoms. The van der Waals surface area contributed by atoms with Crippen LogP contribution in [-0.2, 0) is 19.1 Å². The number of alkyl halides is 1. The molecule has 0 radical (unpaired) electrons. The van der Waals surface area contributed by atoms with Gasteiger partial charge in [-0.1, -0.05) is 22.4 Å². The topological polar surface area (TPSA) is 78.9 Å². The fraction of sp³-hybridized carbons (Fsp3) is 0.450. The van der Waals surface area contributed by atoms with Crippen molar-refractivity contribution in [2.45, 2.75) is 44.6 Å². The Labute approximate surface area is 166 Å². The number of hydrogen-bond donors (Lipinski definition) is 0. The number of ether oxygens (including phenoxy) is 3. The summed E-state index contributed by atoms with van der Waals surface area (Å²) in [6.45, 7) is 2.02. The molecule has 0 aromatic heterocycles. The second kappa shape index (κ2) is 8.25. The lowest BCUT2D eigenvalue weighted by Gasteiger charge is -2.33. The van der Waals surface area contributed by atoms with Gasteiger partial charge in [0.1, 0.15) is 11.4 Å². The Kier molecular flexibility index (Phi) is 5.99. The molecule has 1 aliphatic carbocycles. The molecule has 1 aromatic carbocycles. The van der Waals surface area contributed by atoms with E-state index in [4.69, 9.17) is 14.2 Å². The Morgan fingerprint density at radius 1 is 1.11 bits per heavy atom. The summed E-state index contributed by atoms with van der Waals surface area (Å²) in [5.41, 5.74) is 0.143. The van der Waals surface area contributed by atoms with Crippen LogP contribution >= 0.6 is 15.9 Å². The normalized spacial score (nSPS) is 18.4. The molecule has 1 aromatic rings. The molecule has 1 aliphatic heterocycles. The second-order valence-corrected chi connectivity index (χ2v) is 7.13. The summed E-state index contributed by atoms with van der Waals surface area (Å²) in [6.07, 6.45) is 4.10. The number of carbonyl (C=O) groups is 3. The lowest BCUT2D eigenvalue weighted by molar-refractivity contribution is -0.150. The van der Waals surface area contributed by atoms with Crippen LogP contribution in [0.2, 0.25) is 0 Å². The van der Waals surface area contributed by atoms with E-state index in [-0.39, 0.29) is 11.9 Å². The predicted octanol–water partition coefficient (Wildman–Crippen LogP) is 3.72. The SMILES string of the molecule is CCOC(=O)c1ccc(OC(=O)C2=C(CBr)C(=O)OC23CCCCC3)cc1. The zero-order valence-corrected chi connectivity index (χ0v) is 16.7. The van der Waals surface area contributed by atoms with Crippen molar-refractivity contribution >= 4 is 33.8 Å². The molecule has 1 fully saturated rings. The van der Waals surface area contributed by atoms with Gasteiger partial charge in [0.05, 0.1) is 23.3 Å². The van der Waals surface area contributed by atoms with Gasteiger partial charge in [-0.2, -0.15) is 0 Å². The fourth-order valence-corrected chi connectivity index (χ4v) is 4.11. The van der Waals surface area contributed by atoms with Crippen LogP contribution < -0.4 is 4.74 Å². The van der Waals surface area contributed by atoms with Gasteiger partial charge >= 0.3 is 17.9 Å².